The number of hydrogen-bond acceptors (Lipinski definition) is 4. The van der Waals surface area contributed by atoms with E-state index >= 15 is 0 Å². The van der Waals surface area contributed by atoms with Gasteiger partial charge in [0.15, 0.2) is 5.78 Å². The number of nitrogens with one attached hydrogen (secondary N) is 1. The van der Waals surface area contributed by atoms with Gasteiger partial charge in [-0.05, 0) is 56.3 Å². The minimum atomic E-state index is -0.280. The molecule has 0 saturated carbocycles. The molecule has 3 rings (SSSR count). The highest BCUT2D eigenvalue weighted by molar-refractivity contribution is 6.35. The molecule has 1 fully saturated rings. The molecule has 1 heterocycles. The maximum Gasteiger partial charge on any atom is 0.241 e. The van der Waals surface area contributed by atoms with Gasteiger partial charge in [-0.15, -0.1) is 0 Å². The Morgan fingerprint density at radius 2 is 1.64 bits per heavy atom. The molecule has 1 aliphatic rings. The van der Waals surface area contributed by atoms with Crippen molar-refractivity contribution < 1.29 is 9.59 Å². The van der Waals surface area contributed by atoms with Crippen LogP contribution in [0.15, 0.2) is 42.5 Å². The Morgan fingerprint density at radius 1 is 1.00 bits per heavy atom. The largest absolute Gasteiger partial charge is 0.369 e. The highest BCUT2D eigenvalue weighted by Crippen LogP contribution is 2.26. The zero-order valence-electron chi connectivity index (χ0n) is 15.9. The molecule has 7 heteroatoms. The number of nitrogens with zero attached hydrogens (tertiary/aromatic N) is 2. The number of anilines is 2. The van der Waals surface area contributed by atoms with E-state index in [1.54, 1.807) is 25.1 Å². The Bertz CT molecular complexity index is 862. The molecule has 28 heavy (non-hydrogen) atoms. The van der Waals surface area contributed by atoms with E-state index in [1.807, 2.05) is 31.2 Å². The lowest BCUT2D eigenvalue weighted by Gasteiger charge is -2.38. The van der Waals surface area contributed by atoms with Crippen LogP contribution in [0, 0.1) is 0 Å². The van der Waals surface area contributed by atoms with Gasteiger partial charge in [0.25, 0.3) is 0 Å². The number of rotatable bonds is 5. The Morgan fingerprint density at radius 3 is 2.25 bits per heavy atom. The summed E-state index contributed by atoms with van der Waals surface area (Å²) in [6.45, 7) is 6.63. The molecule has 2 aromatic rings. The van der Waals surface area contributed by atoms with Crippen molar-refractivity contribution in [1.29, 1.82) is 0 Å². The van der Waals surface area contributed by atoms with Crippen molar-refractivity contribution in [3.8, 4) is 0 Å². The van der Waals surface area contributed by atoms with Gasteiger partial charge in [0.05, 0.1) is 16.8 Å². The smallest absolute Gasteiger partial charge is 0.241 e. The summed E-state index contributed by atoms with van der Waals surface area (Å²) in [7, 11) is 0. The minimum Gasteiger partial charge on any atom is -0.369 e. The Balaban J connectivity index is 1.57. The van der Waals surface area contributed by atoms with Gasteiger partial charge in [0.2, 0.25) is 5.91 Å². The van der Waals surface area contributed by atoms with E-state index < -0.39 is 0 Å². The van der Waals surface area contributed by atoms with E-state index in [2.05, 4.69) is 15.1 Å². The van der Waals surface area contributed by atoms with Gasteiger partial charge in [-0.1, -0.05) is 23.2 Å². The lowest BCUT2D eigenvalue weighted by atomic mass is 10.1. The molecule has 1 unspecified atom stereocenters. The summed E-state index contributed by atoms with van der Waals surface area (Å²) in [6.07, 6.45) is 0. The molecule has 0 spiro atoms. The first kappa shape index (κ1) is 20.6. The molecule has 0 radical (unpaired) electrons. The first-order valence-corrected chi connectivity index (χ1v) is 9.96. The number of hydrogen-bond donors (Lipinski definition) is 1. The predicted molar refractivity (Wildman–Crippen MR) is 115 cm³/mol. The van der Waals surface area contributed by atoms with Crippen LogP contribution in [0.5, 0.6) is 0 Å². The predicted octanol–water partition coefficient (Wildman–Crippen LogP) is 4.35. The van der Waals surface area contributed by atoms with Crippen LogP contribution in [0.1, 0.15) is 24.2 Å². The first-order valence-electron chi connectivity index (χ1n) is 9.21. The van der Waals surface area contributed by atoms with Gasteiger partial charge in [0, 0.05) is 42.5 Å². The first-order chi connectivity index (χ1) is 13.3. The normalized spacial score (nSPS) is 15.9. The summed E-state index contributed by atoms with van der Waals surface area (Å²) < 4.78 is 0. The van der Waals surface area contributed by atoms with Crippen molar-refractivity contribution in [1.82, 2.24) is 4.90 Å². The molecule has 5 nitrogen and oxygen atoms in total. The monoisotopic (exact) mass is 419 g/mol. The Kier molecular flexibility index (Phi) is 6.60. The van der Waals surface area contributed by atoms with E-state index in [4.69, 9.17) is 23.2 Å². The average molecular weight is 420 g/mol. The molecule has 1 atom stereocenters. The SMILES string of the molecule is CC(=O)c1ccc(N2CCN(C(C)C(=O)Nc3cc(Cl)ccc3Cl)CC2)cc1. The number of piperazine rings is 1. The molecular formula is C21H23Cl2N3O2. The number of carbonyl (C=O) groups excluding carboxylic acids is 2. The maximum atomic E-state index is 12.6. The van der Waals surface area contributed by atoms with E-state index in [9.17, 15) is 9.59 Å². The lowest BCUT2D eigenvalue weighted by molar-refractivity contribution is -0.120. The van der Waals surface area contributed by atoms with Crippen LogP contribution in [-0.2, 0) is 4.79 Å². The second kappa shape index (κ2) is 8.95. The van der Waals surface area contributed by atoms with Crippen LogP contribution < -0.4 is 10.2 Å². The van der Waals surface area contributed by atoms with Crippen LogP contribution in [0.3, 0.4) is 0 Å². The molecule has 1 N–H and O–H groups in total. The van der Waals surface area contributed by atoms with Crippen molar-refractivity contribution in [2.45, 2.75) is 19.9 Å². The third kappa shape index (κ3) is 4.85. The van der Waals surface area contributed by atoms with Crippen molar-refractivity contribution >= 4 is 46.3 Å². The van der Waals surface area contributed by atoms with Crippen molar-refractivity contribution in [3.63, 3.8) is 0 Å². The summed E-state index contributed by atoms with van der Waals surface area (Å²) in [6, 6.07) is 12.4. The standard InChI is InChI=1S/C21H23Cl2N3O2/c1-14(21(28)24-20-13-17(22)5-8-19(20)23)25-9-11-26(12-10-25)18-6-3-16(4-7-18)15(2)27/h3-8,13-14H,9-12H2,1-2H3,(H,24,28). The third-order valence-electron chi connectivity index (χ3n) is 5.07. The van der Waals surface area contributed by atoms with Crippen LogP contribution in [-0.4, -0.2) is 48.8 Å². The quantitative estimate of drug-likeness (QED) is 0.731. The molecule has 1 saturated heterocycles. The number of amides is 1. The van der Waals surface area contributed by atoms with Gasteiger partial charge < -0.3 is 10.2 Å². The second-order valence-electron chi connectivity index (χ2n) is 6.92. The van der Waals surface area contributed by atoms with Gasteiger partial charge >= 0.3 is 0 Å². The van der Waals surface area contributed by atoms with Gasteiger partial charge in [-0.2, -0.15) is 0 Å². The van der Waals surface area contributed by atoms with Gasteiger partial charge in [-0.3, -0.25) is 14.5 Å². The lowest BCUT2D eigenvalue weighted by Crippen LogP contribution is -2.52. The Hall–Kier alpha value is -2.08. The van der Waals surface area contributed by atoms with E-state index in [-0.39, 0.29) is 17.7 Å². The summed E-state index contributed by atoms with van der Waals surface area (Å²) in [4.78, 5) is 28.4. The zero-order chi connectivity index (χ0) is 20.3. The number of Topliss-reactive ketones (excluding diaryl/α,β-unsaturated/α-hetero) is 1. The van der Waals surface area contributed by atoms with Crippen LogP contribution >= 0.6 is 23.2 Å². The fourth-order valence-corrected chi connectivity index (χ4v) is 3.61. The van der Waals surface area contributed by atoms with E-state index in [1.165, 1.54) is 0 Å². The number of ketones is 1. The van der Waals surface area contributed by atoms with Crippen molar-refractivity contribution in [3.05, 3.63) is 58.1 Å². The van der Waals surface area contributed by atoms with Gasteiger partial charge in [-0.25, -0.2) is 0 Å². The Labute approximate surface area is 175 Å². The molecule has 2 aromatic carbocycles. The van der Waals surface area contributed by atoms with Crippen molar-refractivity contribution in [2.75, 3.05) is 36.4 Å². The third-order valence-corrected chi connectivity index (χ3v) is 5.63. The average Bonchev–Trinajstić information content (AvgIpc) is 2.70. The van der Waals surface area contributed by atoms with Crippen molar-refractivity contribution in [2.24, 2.45) is 0 Å². The van der Waals surface area contributed by atoms with Crippen LogP contribution in [0.25, 0.3) is 0 Å². The highest BCUT2D eigenvalue weighted by atomic mass is 35.5. The van der Waals surface area contributed by atoms with E-state index in [0.717, 1.165) is 31.9 Å². The fourth-order valence-electron chi connectivity index (χ4n) is 3.27. The summed E-state index contributed by atoms with van der Waals surface area (Å²) in [5.74, 6) is -0.0422. The fraction of sp³-hybridized carbons (Fsp3) is 0.333. The summed E-state index contributed by atoms with van der Waals surface area (Å²) in [5, 5.41) is 3.85. The molecular weight excluding hydrogens is 397 g/mol. The molecule has 0 aliphatic carbocycles. The highest BCUT2D eigenvalue weighted by Gasteiger charge is 2.26. The van der Waals surface area contributed by atoms with Gasteiger partial charge in [0.1, 0.15) is 0 Å². The maximum absolute atomic E-state index is 12.6. The number of halogens is 2. The molecule has 0 aromatic heterocycles. The zero-order valence-corrected chi connectivity index (χ0v) is 17.4. The molecule has 1 aliphatic heterocycles. The topological polar surface area (TPSA) is 52.7 Å². The van der Waals surface area contributed by atoms with E-state index in [0.29, 0.717) is 21.3 Å². The number of carbonyl (C=O) groups is 2. The molecule has 1 amide bonds. The number of benzene rings is 2. The molecule has 148 valence electrons. The minimum absolute atomic E-state index is 0.0658. The summed E-state index contributed by atoms with van der Waals surface area (Å²) in [5.41, 5.74) is 2.33. The second-order valence-corrected chi connectivity index (χ2v) is 7.76. The summed E-state index contributed by atoms with van der Waals surface area (Å²) >= 11 is 12.1. The van der Waals surface area contributed by atoms with Crippen LogP contribution in [0.2, 0.25) is 10.0 Å². The van der Waals surface area contributed by atoms with Crippen LogP contribution in [0.4, 0.5) is 11.4 Å². The molecule has 0 bridgehead atoms.